The molecule has 3 rings (SSSR count). The van der Waals surface area contributed by atoms with E-state index in [1.807, 2.05) is 50.3 Å². The van der Waals surface area contributed by atoms with Gasteiger partial charge in [0.05, 0.1) is 0 Å². The number of piperidine rings is 1. The van der Waals surface area contributed by atoms with Crippen molar-refractivity contribution in [3.63, 3.8) is 0 Å². The molecular formula is C20H29N3O2. The molecule has 1 saturated heterocycles. The van der Waals surface area contributed by atoms with Crippen LogP contribution in [0.25, 0.3) is 11.0 Å². The summed E-state index contributed by atoms with van der Waals surface area (Å²) in [7, 11) is 6.03. The molecule has 25 heavy (non-hydrogen) atoms. The molecule has 5 heteroatoms. The first-order chi connectivity index (χ1) is 12.1. The van der Waals surface area contributed by atoms with Crippen molar-refractivity contribution in [3.05, 3.63) is 35.6 Å². The Morgan fingerprint density at radius 3 is 2.68 bits per heavy atom. The molecule has 1 aliphatic rings. The Morgan fingerprint density at radius 2 is 2.00 bits per heavy atom. The summed E-state index contributed by atoms with van der Waals surface area (Å²) in [5.41, 5.74) is 1.80. The number of nitrogens with zero attached hydrogens (tertiary/aromatic N) is 2. The Kier molecular flexibility index (Phi) is 5.76. The zero-order valence-corrected chi connectivity index (χ0v) is 15.5. The first-order valence-corrected chi connectivity index (χ1v) is 9.19. The molecule has 2 aromatic rings. The average molecular weight is 343 g/mol. The van der Waals surface area contributed by atoms with Gasteiger partial charge in [-0.3, -0.25) is 4.79 Å². The van der Waals surface area contributed by atoms with E-state index in [4.69, 9.17) is 4.42 Å². The summed E-state index contributed by atoms with van der Waals surface area (Å²) in [6.07, 6.45) is 3.35. The smallest absolute Gasteiger partial charge is 0.289 e. The van der Waals surface area contributed by atoms with Gasteiger partial charge in [-0.25, -0.2) is 0 Å². The van der Waals surface area contributed by atoms with Gasteiger partial charge in [0.2, 0.25) is 0 Å². The molecule has 1 aliphatic heterocycles. The quantitative estimate of drug-likeness (QED) is 0.876. The lowest BCUT2D eigenvalue weighted by molar-refractivity contribution is 0.0655. The minimum absolute atomic E-state index is 0.0418. The third-order valence-corrected chi connectivity index (χ3v) is 5.07. The summed E-state index contributed by atoms with van der Waals surface area (Å²) in [5, 5.41) is 4.26. The molecule has 136 valence electrons. The third kappa shape index (κ3) is 4.05. The minimum Gasteiger partial charge on any atom is -0.451 e. The van der Waals surface area contributed by atoms with E-state index in [0.717, 1.165) is 49.0 Å². The van der Waals surface area contributed by atoms with E-state index in [0.29, 0.717) is 18.2 Å². The molecule has 1 amide bonds. The molecule has 0 spiro atoms. The maximum Gasteiger partial charge on any atom is 0.289 e. The van der Waals surface area contributed by atoms with Crippen molar-refractivity contribution >= 4 is 16.9 Å². The van der Waals surface area contributed by atoms with Crippen LogP contribution in [0.15, 0.2) is 28.7 Å². The number of furan rings is 1. The number of amides is 1. The Hall–Kier alpha value is -1.85. The van der Waals surface area contributed by atoms with E-state index in [2.05, 4.69) is 10.2 Å². The van der Waals surface area contributed by atoms with Gasteiger partial charge in [0.1, 0.15) is 5.58 Å². The fourth-order valence-corrected chi connectivity index (χ4v) is 3.66. The molecule has 0 unspecified atom stereocenters. The number of para-hydroxylation sites is 1. The first-order valence-electron chi connectivity index (χ1n) is 9.19. The lowest BCUT2D eigenvalue weighted by atomic mass is 9.93. The van der Waals surface area contributed by atoms with Crippen LogP contribution in [0.4, 0.5) is 0 Å². The van der Waals surface area contributed by atoms with E-state index in [1.54, 1.807) is 0 Å². The van der Waals surface area contributed by atoms with Gasteiger partial charge in [0, 0.05) is 30.6 Å². The number of likely N-dealkylation sites (tertiary alicyclic amines) is 1. The maximum atomic E-state index is 13.1. The van der Waals surface area contributed by atoms with Crippen molar-refractivity contribution in [3.8, 4) is 0 Å². The molecule has 2 heterocycles. The molecule has 0 bridgehead atoms. The fourth-order valence-electron chi connectivity index (χ4n) is 3.66. The van der Waals surface area contributed by atoms with Crippen LogP contribution in [0.5, 0.6) is 0 Å². The van der Waals surface area contributed by atoms with Crippen LogP contribution < -0.4 is 5.32 Å². The lowest BCUT2D eigenvalue weighted by Gasteiger charge is -2.31. The number of hydrogen-bond acceptors (Lipinski definition) is 4. The van der Waals surface area contributed by atoms with Crippen LogP contribution in [0.1, 0.15) is 35.4 Å². The average Bonchev–Trinajstić information content (AvgIpc) is 2.98. The number of rotatable bonds is 6. The number of hydrogen-bond donors (Lipinski definition) is 1. The number of nitrogens with one attached hydrogen (secondary N) is 1. The largest absolute Gasteiger partial charge is 0.451 e. The molecule has 1 fully saturated rings. The summed E-state index contributed by atoms with van der Waals surface area (Å²) in [4.78, 5) is 17.1. The summed E-state index contributed by atoms with van der Waals surface area (Å²) in [6.45, 7) is 3.41. The summed E-state index contributed by atoms with van der Waals surface area (Å²) >= 11 is 0. The van der Waals surface area contributed by atoms with Gasteiger partial charge in [0.25, 0.3) is 5.91 Å². The Balaban J connectivity index is 1.78. The highest BCUT2D eigenvalue weighted by atomic mass is 16.3. The van der Waals surface area contributed by atoms with Crippen molar-refractivity contribution in [1.29, 1.82) is 0 Å². The molecule has 0 radical (unpaired) electrons. The summed E-state index contributed by atoms with van der Waals surface area (Å²) in [6, 6.07) is 7.93. The van der Waals surface area contributed by atoms with Crippen LogP contribution in [-0.2, 0) is 6.54 Å². The number of benzene rings is 1. The maximum absolute atomic E-state index is 13.1. The van der Waals surface area contributed by atoms with Crippen LogP contribution >= 0.6 is 0 Å². The highest BCUT2D eigenvalue weighted by molar-refractivity contribution is 5.99. The van der Waals surface area contributed by atoms with E-state index >= 15 is 0 Å². The topological polar surface area (TPSA) is 48.7 Å². The van der Waals surface area contributed by atoms with Gasteiger partial charge >= 0.3 is 0 Å². The highest BCUT2D eigenvalue weighted by Crippen LogP contribution is 2.29. The monoisotopic (exact) mass is 343 g/mol. The van der Waals surface area contributed by atoms with Crippen molar-refractivity contribution in [2.45, 2.75) is 25.8 Å². The number of fused-ring (bicyclic) bond motifs is 1. The minimum atomic E-state index is 0.0418. The normalized spacial score (nSPS) is 16.1. The zero-order valence-electron chi connectivity index (χ0n) is 15.5. The van der Waals surface area contributed by atoms with Crippen molar-refractivity contribution in [2.24, 2.45) is 5.92 Å². The van der Waals surface area contributed by atoms with Gasteiger partial charge in [-0.1, -0.05) is 18.2 Å². The molecule has 0 aliphatic carbocycles. The lowest BCUT2D eigenvalue weighted by Crippen LogP contribution is -2.39. The predicted octanol–water partition coefficient (Wildman–Crippen LogP) is 2.96. The summed E-state index contributed by atoms with van der Waals surface area (Å²) < 4.78 is 5.98. The van der Waals surface area contributed by atoms with Crippen molar-refractivity contribution in [2.75, 3.05) is 40.8 Å². The third-order valence-electron chi connectivity index (χ3n) is 5.07. The Morgan fingerprint density at radius 1 is 1.28 bits per heavy atom. The van der Waals surface area contributed by atoms with Gasteiger partial charge < -0.3 is 19.5 Å². The zero-order chi connectivity index (χ0) is 17.8. The van der Waals surface area contributed by atoms with E-state index in [1.165, 1.54) is 6.42 Å². The molecule has 0 saturated carbocycles. The standard InChI is InChI=1S/C20H29N3O2/c1-21-11-8-15-9-12-23(13-10-15)20(24)19-17(14-22(2)3)16-6-4-5-7-18(16)25-19/h4-7,15,21H,8-14H2,1-3H3. The molecule has 1 N–H and O–H groups in total. The predicted molar refractivity (Wildman–Crippen MR) is 101 cm³/mol. The van der Waals surface area contributed by atoms with E-state index in [9.17, 15) is 4.79 Å². The molecule has 5 nitrogen and oxygen atoms in total. The van der Waals surface area contributed by atoms with E-state index < -0.39 is 0 Å². The van der Waals surface area contributed by atoms with Crippen molar-refractivity contribution < 1.29 is 9.21 Å². The number of carbonyl (C=O) groups excluding carboxylic acids is 1. The second kappa shape index (κ2) is 8.02. The fraction of sp³-hybridized carbons (Fsp3) is 0.550. The Labute approximate surface area is 150 Å². The SMILES string of the molecule is CNCCC1CCN(C(=O)c2oc3ccccc3c2CN(C)C)CC1. The highest BCUT2D eigenvalue weighted by Gasteiger charge is 2.28. The van der Waals surface area contributed by atoms with Gasteiger partial charge in [-0.2, -0.15) is 0 Å². The van der Waals surface area contributed by atoms with Crippen molar-refractivity contribution in [1.82, 2.24) is 15.1 Å². The van der Waals surface area contributed by atoms with Crippen LogP contribution in [0.2, 0.25) is 0 Å². The van der Waals surface area contributed by atoms with Gasteiger partial charge in [0.15, 0.2) is 5.76 Å². The molecule has 1 aromatic carbocycles. The molecule has 1 aromatic heterocycles. The van der Waals surface area contributed by atoms with Crippen LogP contribution in [0.3, 0.4) is 0 Å². The second-order valence-corrected chi connectivity index (χ2v) is 7.27. The first kappa shape index (κ1) is 18.0. The van der Waals surface area contributed by atoms with Crippen LogP contribution in [0, 0.1) is 5.92 Å². The second-order valence-electron chi connectivity index (χ2n) is 7.27. The van der Waals surface area contributed by atoms with Gasteiger partial charge in [-0.15, -0.1) is 0 Å². The van der Waals surface area contributed by atoms with E-state index in [-0.39, 0.29) is 5.91 Å². The molecule has 0 atom stereocenters. The van der Waals surface area contributed by atoms with Crippen LogP contribution in [-0.4, -0.2) is 56.5 Å². The number of carbonyl (C=O) groups is 1. The summed E-state index contributed by atoms with van der Waals surface area (Å²) in [5.74, 6) is 1.28. The Bertz CT molecular complexity index is 715. The van der Waals surface area contributed by atoms with Gasteiger partial charge in [-0.05, 0) is 58.9 Å². The molecular weight excluding hydrogens is 314 g/mol.